The molecule has 7 nitrogen and oxygen atoms in total. The lowest BCUT2D eigenvalue weighted by Gasteiger charge is -2.08. The third kappa shape index (κ3) is 4.93. The van der Waals surface area contributed by atoms with Crippen LogP contribution in [0.2, 0.25) is 0 Å². The first-order chi connectivity index (χ1) is 11.0. The summed E-state index contributed by atoms with van der Waals surface area (Å²) in [5.41, 5.74) is 0.457. The number of hydrogen-bond donors (Lipinski definition) is 2. The zero-order chi connectivity index (χ0) is 16.8. The van der Waals surface area contributed by atoms with Crippen molar-refractivity contribution in [3.8, 4) is 5.75 Å². The molecule has 122 valence electrons. The van der Waals surface area contributed by atoms with Gasteiger partial charge in [-0.2, -0.15) is 0 Å². The predicted molar refractivity (Wildman–Crippen MR) is 88.1 cm³/mol. The molecule has 2 N–H and O–H groups in total. The first-order valence-electron chi connectivity index (χ1n) is 6.72. The van der Waals surface area contributed by atoms with Gasteiger partial charge in [0.1, 0.15) is 16.3 Å². The highest BCUT2D eigenvalue weighted by atomic mass is 32.2. The first kappa shape index (κ1) is 17.2. The Morgan fingerprint density at radius 3 is 2.78 bits per heavy atom. The van der Waals surface area contributed by atoms with Gasteiger partial charge in [-0.3, -0.25) is 4.79 Å². The van der Waals surface area contributed by atoms with Gasteiger partial charge >= 0.3 is 5.97 Å². The summed E-state index contributed by atoms with van der Waals surface area (Å²) in [4.78, 5) is 23.5. The number of phenolic OH excluding ortho intramolecular Hbond substituents is 1. The minimum Gasteiger partial charge on any atom is -0.507 e. The highest BCUT2D eigenvalue weighted by Crippen LogP contribution is 2.24. The molecular weight excluding hydrogens is 338 g/mol. The summed E-state index contributed by atoms with van der Waals surface area (Å²) < 4.78 is 5.54. The van der Waals surface area contributed by atoms with Crippen LogP contribution in [0, 0.1) is 6.92 Å². The van der Waals surface area contributed by atoms with Crippen LogP contribution in [0.5, 0.6) is 5.75 Å². The summed E-state index contributed by atoms with van der Waals surface area (Å²) in [7, 11) is 0. The maximum absolute atomic E-state index is 11.9. The second-order valence-corrected chi connectivity index (χ2v) is 6.78. The van der Waals surface area contributed by atoms with Crippen LogP contribution >= 0.6 is 23.1 Å². The van der Waals surface area contributed by atoms with E-state index in [4.69, 9.17) is 4.74 Å². The van der Waals surface area contributed by atoms with Crippen molar-refractivity contribution >= 4 is 40.7 Å². The minimum atomic E-state index is -0.606. The quantitative estimate of drug-likeness (QED) is 0.607. The molecule has 0 atom stereocenters. The number of benzene rings is 1. The zero-order valence-electron chi connectivity index (χ0n) is 12.5. The smallest absolute Gasteiger partial charge is 0.341 e. The Kier molecular flexibility index (Phi) is 5.94. The molecule has 1 aromatic carbocycles. The number of aromatic nitrogens is 2. The number of rotatable bonds is 6. The Balaban J connectivity index is 1.93. The number of amides is 1. The van der Waals surface area contributed by atoms with Gasteiger partial charge in [-0.15, -0.1) is 10.2 Å². The lowest BCUT2D eigenvalue weighted by Crippen LogP contribution is -2.14. The van der Waals surface area contributed by atoms with E-state index in [1.54, 1.807) is 6.92 Å². The number of esters is 1. The standard InChI is InChI=1S/C14H15N3O4S2/c1-3-21-13(20)10-5-4-9(6-11(10)18)15-12(19)7-22-14-17-16-8(2)23-14/h4-6,18H,3,7H2,1-2H3,(H,15,19). The van der Waals surface area contributed by atoms with Gasteiger partial charge < -0.3 is 15.2 Å². The monoisotopic (exact) mass is 353 g/mol. The highest BCUT2D eigenvalue weighted by Gasteiger charge is 2.13. The van der Waals surface area contributed by atoms with E-state index in [2.05, 4.69) is 15.5 Å². The van der Waals surface area contributed by atoms with Crippen molar-refractivity contribution in [3.63, 3.8) is 0 Å². The topological polar surface area (TPSA) is 101 Å². The molecule has 23 heavy (non-hydrogen) atoms. The molecule has 0 bridgehead atoms. The van der Waals surface area contributed by atoms with Crippen LogP contribution < -0.4 is 5.32 Å². The van der Waals surface area contributed by atoms with E-state index in [1.807, 2.05) is 6.92 Å². The Bertz CT molecular complexity index is 718. The number of anilines is 1. The molecule has 0 aliphatic rings. The van der Waals surface area contributed by atoms with Crippen LogP contribution in [0.4, 0.5) is 5.69 Å². The molecule has 0 radical (unpaired) electrons. The summed E-state index contributed by atoms with van der Waals surface area (Å²) in [5, 5.41) is 21.1. The number of nitrogens with one attached hydrogen (secondary N) is 1. The fourth-order valence-corrected chi connectivity index (χ4v) is 3.27. The van der Waals surface area contributed by atoms with Crippen LogP contribution in [0.3, 0.4) is 0 Å². The third-order valence-electron chi connectivity index (χ3n) is 2.61. The van der Waals surface area contributed by atoms with Crippen LogP contribution in [0.1, 0.15) is 22.3 Å². The predicted octanol–water partition coefficient (Wildman–Crippen LogP) is 2.46. The van der Waals surface area contributed by atoms with Crippen molar-refractivity contribution in [1.29, 1.82) is 0 Å². The van der Waals surface area contributed by atoms with Gasteiger partial charge in [0.2, 0.25) is 5.91 Å². The first-order valence-corrected chi connectivity index (χ1v) is 8.52. The van der Waals surface area contributed by atoms with E-state index in [0.717, 1.165) is 9.35 Å². The maximum atomic E-state index is 11.9. The number of aryl methyl sites for hydroxylation is 1. The van der Waals surface area contributed by atoms with E-state index in [0.29, 0.717) is 5.69 Å². The summed E-state index contributed by atoms with van der Waals surface area (Å²) in [5.74, 6) is -0.917. The van der Waals surface area contributed by atoms with Gasteiger partial charge in [0.05, 0.1) is 12.4 Å². The van der Waals surface area contributed by atoms with Gasteiger partial charge in [0.15, 0.2) is 4.34 Å². The normalized spacial score (nSPS) is 10.3. The molecule has 0 aliphatic heterocycles. The maximum Gasteiger partial charge on any atom is 0.341 e. The number of carbonyl (C=O) groups is 2. The Morgan fingerprint density at radius 2 is 2.17 bits per heavy atom. The number of aromatic hydroxyl groups is 1. The molecule has 2 aromatic rings. The van der Waals surface area contributed by atoms with E-state index in [9.17, 15) is 14.7 Å². The van der Waals surface area contributed by atoms with Gasteiger partial charge in [-0.25, -0.2) is 4.79 Å². The molecule has 9 heteroatoms. The van der Waals surface area contributed by atoms with Gasteiger partial charge in [-0.1, -0.05) is 23.1 Å². The Morgan fingerprint density at radius 1 is 1.39 bits per heavy atom. The van der Waals surface area contributed by atoms with Gasteiger partial charge in [0.25, 0.3) is 0 Å². The van der Waals surface area contributed by atoms with Crippen molar-refractivity contribution < 1.29 is 19.4 Å². The lowest BCUT2D eigenvalue weighted by molar-refractivity contribution is -0.113. The summed E-state index contributed by atoms with van der Waals surface area (Å²) in [6.45, 7) is 3.75. The largest absolute Gasteiger partial charge is 0.507 e. The van der Waals surface area contributed by atoms with Crippen LogP contribution in [-0.2, 0) is 9.53 Å². The number of phenols is 1. The zero-order valence-corrected chi connectivity index (χ0v) is 14.2. The van der Waals surface area contributed by atoms with E-state index in [-0.39, 0.29) is 29.6 Å². The molecule has 1 aromatic heterocycles. The number of nitrogens with zero attached hydrogens (tertiary/aromatic N) is 2. The van der Waals surface area contributed by atoms with Crippen molar-refractivity contribution in [2.24, 2.45) is 0 Å². The number of thioether (sulfide) groups is 1. The summed E-state index contributed by atoms with van der Waals surface area (Å²) in [6.07, 6.45) is 0. The lowest BCUT2D eigenvalue weighted by atomic mass is 10.2. The average molecular weight is 353 g/mol. The van der Waals surface area contributed by atoms with Crippen LogP contribution in [-0.4, -0.2) is 39.5 Å². The number of ether oxygens (including phenoxy) is 1. The van der Waals surface area contributed by atoms with E-state index in [1.165, 1.54) is 41.3 Å². The van der Waals surface area contributed by atoms with Gasteiger partial charge in [0, 0.05) is 11.8 Å². The molecule has 1 amide bonds. The molecule has 1 heterocycles. The molecule has 0 unspecified atom stereocenters. The highest BCUT2D eigenvalue weighted by molar-refractivity contribution is 8.01. The minimum absolute atomic E-state index is 0.0589. The SMILES string of the molecule is CCOC(=O)c1ccc(NC(=O)CSc2nnc(C)s2)cc1O. The Labute approximate surface area is 141 Å². The fourth-order valence-electron chi connectivity index (χ4n) is 1.65. The third-order valence-corrected chi connectivity index (χ3v) is 4.58. The second-order valence-electron chi connectivity index (χ2n) is 4.38. The molecule has 0 saturated heterocycles. The average Bonchev–Trinajstić information content (AvgIpc) is 2.91. The van der Waals surface area contributed by atoms with Crippen molar-refractivity contribution in [1.82, 2.24) is 10.2 Å². The fraction of sp³-hybridized carbons (Fsp3) is 0.286. The van der Waals surface area contributed by atoms with Crippen LogP contribution in [0.15, 0.2) is 22.5 Å². The summed E-state index contributed by atoms with van der Waals surface area (Å²) >= 11 is 2.70. The van der Waals surface area contributed by atoms with E-state index >= 15 is 0 Å². The molecule has 0 aliphatic carbocycles. The summed E-state index contributed by atoms with van der Waals surface area (Å²) in [6, 6.07) is 4.25. The molecule has 2 rings (SSSR count). The van der Waals surface area contributed by atoms with Crippen LogP contribution in [0.25, 0.3) is 0 Å². The number of hydrogen-bond acceptors (Lipinski definition) is 8. The van der Waals surface area contributed by atoms with Crippen molar-refractivity contribution in [2.75, 3.05) is 17.7 Å². The van der Waals surface area contributed by atoms with Gasteiger partial charge in [-0.05, 0) is 26.0 Å². The molecular formula is C14H15N3O4S2. The second kappa shape index (κ2) is 7.93. The van der Waals surface area contributed by atoms with Crippen molar-refractivity contribution in [2.45, 2.75) is 18.2 Å². The van der Waals surface area contributed by atoms with E-state index < -0.39 is 5.97 Å². The number of carbonyl (C=O) groups excluding carboxylic acids is 2. The van der Waals surface area contributed by atoms with Crippen molar-refractivity contribution in [3.05, 3.63) is 28.8 Å². The molecule has 0 spiro atoms. The molecule has 0 fully saturated rings. The Hall–Kier alpha value is -2.13. The molecule has 0 saturated carbocycles.